The quantitative estimate of drug-likeness (QED) is 0.458. The van der Waals surface area contributed by atoms with Crippen molar-refractivity contribution >= 4 is 5.78 Å². The molecule has 170 valence electrons. The van der Waals surface area contributed by atoms with E-state index in [2.05, 4.69) is 39.0 Å². The highest BCUT2D eigenvalue weighted by Gasteiger charge is 2.52. The number of aromatic hydroxyl groups is 2. The minimum absolute atomic E-state index is 0.0117. The van der Waals surface area contributed by atoms with Crippen LogP contribution in [0.5, 0.6) is 23.0 Å². The third-order valence-electron chi connectivity index (χ3n) is 7.51. The molecule has 0 radical (unpaired) electrons. The van der Waals surface area contributed by atoms with Crippen LogP contribution in [-0.4, -0.2) is 30.2 Å². The lowest BCUT2D eigenvalue weighted by Crippen LogP contribution is -2.47. The SMILES string of the molecule is COc1cc(O)c(OC)c(O)c1C(=O)[C@H]1[C@H]2C=C(C)[C@H](C[C@@H]2C(C)C)[C@@H]1c1ccccc1. The number of benzene rings is 2. The zero-order valence-corrected chi connectivity index (χ0v) is 19.3. The normalized spacial score (nSPS) is 26.7. The lowest BCUT2D eigenvalue weighted by atomic mass is 9.51. The third-order valence-corrected chi connectivity index (χ3v) is 7.51. The van der Waals surface area contributed by atoms with Crippen molar-refractivity contribution in [2.24, 2.45) is 29.6 Å². The maximum atomic E-state index is 14.2. The van der Waals surface area contributed by atoms with Gasteiger partial charge in [-0.05, 0) is 42.6 Å². The number of fused-ring (bicyclic) bond motifs is 2. The smallest absolute Gasteiger partial charge is 0.203 e. The highest BCUT2D eigenvalue weighted by Crippen LogP contribution is 2.58. The van der Waals surface area contributed by atoms with E-state index in [0.29, 0.717) is 11.8 Å². The van der Waals surface area contributed by atoms with E-state index in [-0.39, 0.29) is 58.0 Å². The molecule has 3 aliphatic carbocycles. The summed E-state index contributed by atoms with van der Waals surface area (Å²) in [6.07, 6.45) is 3.33. The summed E-state index contributed by atoms with van der Waals surface area (Å²) in [6.45, 7) is 6.61. The molecule has 2 bridgehead atoms. The number of Topliss-reactive ketones (excluding diaryl/α,β-unsaturated/α-hetero) is 1. The molecular formula is C27H32O5. The second-order valence-corrected chi connectivity index (χ2v) is 9.42. The van der Waals surface area contributed by atoms with Gasteiger partial charge in [0.05, 0.1) is 14.2 Å². The number of carbonyl (C=O) groups is 1. The largest absolute Gasteiger partial charge is 0.504 e. The highest BCUT2D eigenvalue weighted by atomic mass is 16.5. The van der Waals surface area contributed by atoms with Crippen molar-refractivity contribution in [3.8, 4) is 23.0 Å². The molecular weight excluding hydrogens is 404 g/mol. The van der Waals surface area contributed by atoms with Crippen molar-refractivity contribution < 1.29 is 24.5 Å². The minimum Gasteiger partial charge on any atom is -0.504 e. The first-order chi connectivity index (χ1) is 15.3. The predicted molar refractivity (Wildman–Crippen MR) is 124 cm³/mol. The molecule has 0 amide bonds. The number of rotatable bonds is 6. The number of methoxy groups -OCH3 is 2. The van der Waals surface area contributed by atoms with Crippen molar-refractivity contribution in [2.45, 2.75) is 33.1 Å². The van der Waals surface area contributed by atoms with Crippen LogP contribution in [0.25, 0.3) is 0 Å². The molecule has 5 rings (SSSR count). The number of hydrogen-bond acceptors (Lipinski definition) is 5. The Hall–Kier alpha value is -2.95. The van der Waals surface area contributed by atoms with Crippen LogP contribution in [0.3, 0.4) is 0 Å². The van der Waals surface area contributed by atoms with Crippen LogP contribution >= 0.6 is 0 Å². The van der Waals surface area contributed by atoms with E-state index in [4.69, 9.17) is 9.47 Å². The zero-order valence-electron chi connectivity index (χ0n) is 19.3. The molecule has 2 N–H and O–H groups in total. The molecule has 5 atom stereocenters. The van der Waals surface area contributed by atoms with Crippen LogP contribution in [0.15, 0.2) is 48.0 Å². The first kappa shape index (κ1) is 22.3. The molecule has 5 heteroatoms. The fourth-order valence-electron chi connectivity index (χ4n) is 6.03. The Morgan fingerprint density at radius 3 is 2.38 bits per heavy atom. The lowest BCUT2D eigenvalue weighted by Gasteiger charge is -2.52. The van der Waals surface area contributed by atoms with Gasteiger partial charge in [0.1, 0.15) is 11.3 Å². The molecule has 1 saturated carbocycles. The molecule has 0 unspecified atom stereocenters. The maximum absolute atomic E-state index is 14.2. The van der Waals surface area contributed by atoms with Gasteiger partial charge in [0.2, 0.25) is 5.75 Å². The lowest BCUT2D eigenvalue weighted by molar-refractivity contribution is 0.0523. The summed E-state index contributed by atoms with van der Waals surface area (Å²) in [6, 6.07) is 11.5. The monoisotopic (exact) mass is 436 g/mol. The van der Waals surface area contributed by atoms with Gasteiger partial charge in [-0.1, -0.05) is 55.8 Å². The van der Waals surface area contributed by atoms with E-state index in [1.54, 1.807) is 0 Å². The van der Waals surface area contributed by atoms with Crippen molar-refractivity contribution in [1.29, 1.82) is 0 Å². The summed E-state index contributed by atoms with van der Waals surface area (Å²) in [5.41, 5.74) is 2.55. The van der Waals surface area contributed by atoms with Gasteiger partial charge >= 0.3 is 0 Å². The van der Waals surface area contributed by atoms with Gasteiger partial charge in [0, 0.05) is 17.9 Å². The molecule has 3 aliphatic rings. The second-order valence-electron chi connectivity index (χ2n) is 9.42. The molecule has 0 aromatic heterocycles. The number of phenolic OH excluding ortho intramolecular Hbond substituents is 2. The topological polar surface area (TPSA) is 76.0 Å². The predicted octanol–water partition coefficient (Wildman–Crippen LogP) is 5.57. The van der Waals surface area contributed by atoms with E-state index in [1.165, 1.54) is 25.9 Å². The van der Waals surface area contributed by atoms with Crippen LogP contribution in [0.2, 0.25) is 0 Å². The fourth-order valence-corrected chi connectivity index (χ4v) is 6.03. The molecule has 2 aromatic carbocycles. The summed E-state index contributed by atoms with van der Waals surface area (Å²) in [7, 11) is 2.78. The molecule has 32 heavy (non-hydrogen) atoms. The summed E-state index contributed by atoms with van der Waals surface area (Å²) >= 11 is 0. The first-order valence-corrected chi connectivity index (χ1v) is 11.2. The van der Waals surface area contributed by atoms with Crippen molar-refractivity contribution in [2.75, 3.05) is 14.2 Å². The summed E-state index contributed by atoms with van der Waals surface area (Å²) in [5.74, 6) is 0.0308. The molecule has 0 saturated heterocycles. The van der Waals surface area contributed by atoms with Crippen molar-refractivity contribution in [3.05, 3.63) is 59.2 Å². The average Bonchev–Trinajstić information content (AvgIpc) is 2.78. The Bertz CT molecular complexity index is 1040. The number of ether oxygens (including phenoxy) is 2. The number of hydrogen-bond donors (Lipinski definition) is 2. The third kappa shape index (κ3) is 3.44. The molecule has 0 heterocycles. The van der Waals surface area contributed by atoms with Crippen LogP contribution < -0.4 is 9.47 Å². The molecule has 5 nitrogen and oxygen atoms in total. The number of carbonyl (C=O) groups excluding carboxylic acids is 1. The summed E-state index contributed by atoms with van der Waals surface area (Å²) in [4.78, 5) is 14.2. The van der Waals surface area contributed by atoms with Gasteiger partial charge in [-0.25, -0.2) is 0 Å². The molecule has 1 fully saturated rings. The van der Waals surface area contributed by atoms with Crippen LogP contribution in [-0.2, 0) is 0 Å². The standard InChI is InChI=1S/C27H32O5/c1-14(2)17-12-18-15(3)11-19(17)23(22(18)16-9-7-6-8-10-16)25(29)24-21(31-4)13-20(28)27(32-5)26(24)30/h6-11,13-14,17-19,22-23,28,30H,12H2,1-5H3/t17-,18+,19+,22+,23+/m1/s1. The highest BCUT2D eigenvalue weighted by molar-refractivity contribution is 6.05. The molecule has 0 aliphatic heterocycles. The summed E-state index contributed by atoms with van der Waals surface area (Å²) < 4.78 is 10.6. The van der Waals surface area contributed by atoms with Gasteiger partial charge in [-0.15, -0.1) is 0 Å². The maximum Gasteiger partial charge on any atom is 0.203 e. The molecule has 2 aromatic rings. The Morgan fingerprint density at radius 1 is 1.09 bits per heavy atom. The van der Waals surface area contributed by atoms with Crippen LogP contribution in [0.4, 0.5) is 0 Å². The minimum atomic E-state index is -0.371. The Labute approximate surface area is 189 Å². The van der Waals surface area contributed by atoms with Gasteiger partial charge in [0.25, 0.3) is 0 Å². The van der Waals surface area contributed by atoms with Crippen LogP contribution in [0.1, 0.15) is 49.0 Å². The van der Waals surface area contributed by atoms with Crippen molar-refractivity contribution in [1.82, 2.24) is 0 Å². The zero-order chi connectivity index (χ0) is 23.2. The van der Waals surface area contributed by atoms with E-state index >= 15 is 0 Å². The first-order valence-electron chi connectivity index (χ1n) is 11.2. The van der Waals surface area contributed by atoms with E-state index in [1.807, 2.05) is 18.2 Å². The number of allylic oxidation sites excluding steroid dienone is 2. The van der Waals surface area contributed by atoms with Gasteiger partial charge in [0.15, 0.2) is 17.3 Å². The Morgan fingerprint density at radius 2 is 1.78 bits per heavy atom. The van der Waals surface area contributed by atoms with Gasteiger partial charge < -0.3 is 19.7 Å². The Kier molecular flexibility index (Phi) is 5.93. The number of phenols is 2. The fraction of sp³-hybridized carbons (Fsp3) is 0.444. The van der Waals surface area contributed by atoms with Gasteiger partial charge in [-0.3, -0.25) is 4.79 Å². The van der Waals surface area contributed by atoms with E-state index in [9.17, 15) is 15.0 Å². The average molecular weight is 437 g/mol. The van der Waals surface area contributed by atoms with E-state index < -0.39 is 0 Å². The Balaban J connectivity index is 1.90. The molecule has 0 spiro atoms. The summed E-state index contributed by atoms with van der Waals surface area (Å²) in [5, 5.41) is 21.2. The van der Waals surface area contributed by atoms with Crippen molar-refractivity contribution in [3.63, 3.8) is 0 Å². The second kappa shape index (κ2) is 8.53. The van der Waals surface area contributed by atoms with E-state index in [0.717, 1.165) is 12.0 Å². The number of ketones is 1. The van der Waals surface area contributed by atoms with Gasteiger partial charge in [-0.2, -0.15) is 0 Å². The van der Waals surface area contributed by atoms with Crippen LogP contribution in [0, 0.1) is 29.6 Å².